The first-order valence-electron chi connectivity index (χ1n) is 13.2. The van der Waals surface area contributed by atoms with Crippen molar-refractivity contribution in [3.8, 4) is 11.5 Å². The Labute approximate surface area is 249 Å². The number of rotatable bonds is 10. The molecule has 11 heteroatoms. The number of carboxylic acid groups (broad SMARTS) is 2. The van der Waals surface area contributed by atoms with Gasteiger partial charge in [0.25, 0.3) is 5.91 Å². The van der Waals surface area contributed by atoms with Crippen molar-refractivity contribution in [1.82, 2.24) is 4.98 Å². The summed E-state index contributed by atoms with van der Waals surface area (Å²) >= 11 is 1.32. The zero-order chi connectivity index (χ0) is 30.5. The maximum atomic E-state index is 13.1. The van der Waals surface area contributed by atoms with E-state index in [2.05, 4.69) is 15.6 Å². The molecule has 1 unspecified atom stereocenters. The monoisotopic (exact) mass is 595 g/mol. The van der Waals surface area contributed by atoms with Gasteiger partial charge in [0.15, 0.2) is 5.58 Å². The van der Waals surface area contributed by atoms with Crippen LogP contribution in [-0.4, -0.2) is 44.2 Å². The van der Waals surface area contributed by atoms with Crippen LogP contribution in [0.15, 0.2) is 100 Å². The number of anilines is 2. The Balaban J connectivity index is 1.24. The first-order valence-corrected chi connectivity index (χ1v) is 14.1. The van der Waals surface area contributed by atoms with Crippen molar-refractivity contribution in [3.63, 3.8) is 0 Å². The normalized spacial score (nSPS) is 11.6. The fourth-order valence-electron chi connectivity index (χ4n) is 4.30. The molecule has 4 aromatic carbocycles. The molecule has 0 radical (unpaired) electrons. The fraction of sp³-hybridized carbons (Fsp3) is 0.0938. The van der Waals surface area contributed by atoms with Gasteiger partial charge in [-0.15, -0.1) is 11.8 Å². The number of carbonyl (C=O) groups excluding carboxylic acids is 2. The molecule has 0 saturated carbocycles. The molecule has 0 aliphatic heterocycles. The third-order valence-corrected chi connectivity index (χ3v) is 7.83. The van der Waals surface area contributed by atoms with Crippen molar-refractivity contribution in [2.24, 2.45) is 0 Å². The number of oxazole rings is 1. The number of aromatic nitrogens is 1. The van der Waals surface area contributed by atoms with Gasteiger partial charge >= 0.3 is 11.9 Å². The molecule has 0 aliphatic rings. The van der Waals surface area contributed by atoms with Gasteiger partial charge in [-0.05, 0) is 79.2 Å². The van der Waals surface area contributed by atoms with Gasteiger partial charge in [0.1, 0.15) is 5.52 Å². The summed E-state index contributed by atoms with van der Waals surface area (Å²) in [5.41, 5.74) is 2.41. The van der Waals surface area contributed by atoms with E-state index in [1.165, 1.54) is 17.8 Å². The van der Waals surface area contributed by atoms with Gasteiger partial charge in [0.05, 0.1) is 21.9 Å². The third-order valence-electron chi connectivity index (χ3n) is 6.47. The number of carbonyl (C=O) groups is 4. The molecule has 0 fully saturated rings. The predicted molar refractivity (Wildman–Crippen MR) is 163 cm³/mol. The number of amides is 2. The number of nitrogens with zero attached hydrogens (tertiary/aromatic N) is 1. The second kappa shape index (κ2) is 12.6. The summed E-state index contributed by atoms with van der Waals surface area (Å²) in [6, 6.07) is 24.8. The van der Waals surface area contributed by atoms with Crippen LogP contribution < -0.4 is 10.6 Å². The second-order valence-corrected chi connectivity index (χ2v) is 10.7. The SMILES string of the molecule is CCC(Sc1cccc(NC(=O)c2ccc(C(=O)O)cc2C(=O)O)c1)C(=O)Nc1ccc(-c2nc3ccccc3o2)cc1. The zero-order valence-corrected chi connectivity index (χ0v) is 23.6. The van der Waals surface area contributed by atoms with E-state index in [0.717, 1.165) is 23.2 Å². The minimum absolute atomic E-state index is 0.177. The lowest BCUT2D eigenvalue weighted by Gasteiger charge is -2.16. The Morgan fingerprint density at radius 1 is 0.814 bits per heavy atom. The lowest BCUT2D eigenvalue weighted by atomic mass is 10.0. The van der Waals surface area contributed by atoms with E-state index < -0.39 is 28.7 Å². The summed E-state index contributed by atoms with van der Waals surface area (Å²) in [5, 5.41) is 23.8. The molecule has 1 aromatic heterocycles. The molecule has 5 rings (SSSR count). The number of hydrogen-bond donors (Lipinski definition) is 4. The largest absolute Gasteiger partial charge is 0.478 e. The number of carboxylic acids is 2. The maximum absolute atomic E-state index is 13.1. The van der Waals surface area contributed by atoms with Crippen LogP contribution >= 0.6 is 11.8 Å². The first-order chi connectivity index (χ1) is 20.7. The van der Waals surface area contributed by atoms with Crippen LogP contribution in [0.5, 0.6) is 0 Å². The van der Waals surface area contributed by atoms with E-state index in [9.17, 15) is 24.3 Å². The predicted octanol–water partition coefficient (Wildman–Crippen LogP) is 6.65. The average molecular weight is 596 g/mol. The van der Waals surface area contributed by atoms with Gasteiger partial charge in [-0.1, -0.05) is 25.1 Å². The summed E-state index contributed by atoms with van der Waals surface area (Å²) in [6.45, 7) is 1.90. The number of hydrogen-bond acceptors (Lipinski definition) is 7. The molecular formula is C32H25N3O7S. The van der Waals surface area contributed by atoms with Crippen molar-refractivity contribution in [2.75, 3.05) is 10.6 Å². The number of fused-ring (bicyclic) bond motifs is 1. The minimum Gasteiger partial charge on any atom is -0.478 e. The Morgan fingerprint density at radius 2 is 1.58 bits per heavy atom. The van der Waals surface area contributed by atoms with E-state index in [0.29, 0.717) is 34.2 Å². The van der Waals surface area contributed by atoms with Gasteiger partial charge in [-0.25, -0.2) is 14.6 Å². The van der Waals surface area contributed by atoms with Gasteiger partial charge < -0.3 is 25.3 Å². The summed E-state index contributed by atoms with van der Waals surface area (Å²) in [6.07, 6.45) is 0.534. The fourth-order valence-corrected chi connectivity index (χ4v) is 5.31. The van der Waals surface area contributed by atoms with Crippen LogP contribution in [0.25, 0.3) is 22.6 Å². The van der Waals surface area contributed by atoms with E-state index in [1.807, 2.05) is 43.3 Å². The van der Waals surface area contributed by atoms with E-state index in [4.69, 9.17) is 9.52 Å². The molecule has 10 nitrogen and oxygen atoms in total. The van der Waals surface area contributed by atoms with Gasteiger partial charge in [-0.2, -0.15) is 0 Å². The van der Waals surface area contributed by atoms with E-state index >= 15 is 0 Å². The summed E-state index contributed by atoms with van der Waals surface area (Å²) in [5.74, 6) is -3.13. The molecular weight excluding hydrogens is 570 g/mol. The van der Waals surface area contributed by atoms with Crippen molar-refractivity contribution >= 4 is 58.0 Å². The first kappa shape index (κ1) is 29.1. The number of para-hydroxylation sites is 2. The van der Waals surface area contributed by atoms with Gasteiger partial charge in [0, 0.05) is 21.8 Å². The molecule has 1 heterocycles. The highest BCUT2D eigenvalue weighted by atomic mass is 32.2. The molecule has 43 heavy (non-hydrogen) atoms. The van der Waals surface area contributed by atoms with Crippen molar-refractivity contribution in [3.05, 3.63) is 108 Å². The lowest BCUT2D eigenvalue weighted by molar-refractivity contribution is -0.115. The van der Waals surface area contributed by atoms with Gasteiger partial charge in [0.2, 0.25) is 11.8 Å². The summed E-state index contributed by atoms with van der Waals surface area (Å²) in [4.78, 5) is 54.1. The number of thioether (sulfide) groups is 1. The molecule has 5 aromatic rings. The topological polar surface area (TPSA) is 159 Å². The second-order valence-electron chi connectivity index (χ2n) is 9.42. The van der Waals surface area contributed by atoms with Crippen molar-refractivity contribution in [2.45, 2.75) is 23.5 Å². The lowest BCUT2D eigenvalue weighted by Crippen LogP contribution is -2.24. The third kappa shape index (κ3) is 6.74. The number of nitrogens with one attached hydrogen (secondary N) is 2. The van der Waals surface area contributed by atoms with Crippen molar-refractivity contribution < 1.29 is 33.8 Å². The molecule has 1 atom stereocenters. The minimum atomic E-state index is -1.42. The van der Waals surface area contributed by atoms with Crippen molar-refractivity contribution in [1.29, 1.82) is 0 Å². The summed E-state index contributed by atoms with van der Waals surface area (Å²) < 4.78 is 5.81. The molecule has 216 valence electrons. The van der Waals surface area contributed by atoms with Crippen LogP contribution in [0.1, 0.15) is 44.4 Å². The van der Waals surface area contributed by atoms with Crippen LogP contribution in [0.2, 0.25) is 0 Å². The molecule has 0 spiro atoms. The molecule has 2 amide bonds. The quantitative estimate of drug-likeness (QED) is 0.130. The highest BCUT2D eigenvalue weighted by Crippen LogP contribution is 2.30. The van der Waals surface area contributed by atoms with E-state index in [-0.39, 0.29) is 17.0 Å². The summed E-state index contributed by atoms with van der Waals surface area (Å²) in [7, 11) is 0. The Bertz CT molecular complexity index is 1820. The maximum Gasteiger partial charge on any atom is 0.336 e. The highest BCUT2D eigenvalue weighted by Gasteiger charge is 2.21. The Morgan fingerprint density at radius 3 is 2.28 bits per heavy atom. The number of aromatic carboxylic acids is 2. The Hall–Kier alpha value is -5.42. The van der Waals surface area contributed by atoms with Crippen LogP contribution in [0.4, 0.5) is 11.4 Å². The number of benzene rings is 4. The van der Waals surface area contributed by atoms with E-state index in [1.54, 1.807) is 36.4 Å². The highest BCUT2D eigenvalue weighted by molar-refractivity contribution is 8.00. The standard InChI is InChI=1S/C32H25N3O7S/c1-2-27(29(37)33-20-13-10-18(11-14-20)30-35-25-8-3-4-9-26(25)42-30)43-22-7-5-6-21(17-22)34-28(36)23-15-12-19(31(38)39)16-24(23)32(40)41/h3-17,27H,2H2,1H3,(H,33,37)(H,34,36)(H,38,39)(H,40,41). The van der Waals surface area contributed by atoms with Crippen LogP contribution in [0, 0.1) is 0 Å². The van der Waals surface area contributed by atoms with Gasteiger partial charge in [-0.3, -0.25) is 9.59 Å². The zero-order valence-electron chi connectivity index (χ0n) is 22.7. The molecule has 4 N–H and O–H groups in total. The molecule has 0 aliphatic carbocycles. The average Bonchev–Trinajstić information content (AvgIpc) is 3.44. The van der Waals surface area contributed by atoms with Crippen LogP contribution in [-0.2, 0) is 4.79 Å². The Kier molecular flexibility index (Phi) is 8.54. The smallest absolute Gasteiger partial charge is 0.336 e. The molecule has 0 saturated heterocycles. The van der Waals surface area contributed by atoms with Crippen LogP contribution in [0.3, 0.4) is 0 Å². The molecule has 0 bridgehead atoms.